The van der Waals surface area contributed by atoms with E-state index in [9.17, 15) is 4.79 Å². The molecule has 1 N–H and O–H groups in total. The number of nitrogens with one attached hydrogen (secondary N) is 1. The molecule has 1 aromatic rings. The van der Waals surface area contributed by atoms with Crippen molar-refractivity contribution < 1.29 is 4.79 Å². The van der Waals surface area contributed by atoms with Crippen LogP contribution in [0.2, 0.25) is 0 Å². The first-order chi connectivity index (χ1) is 8.24. The summed E-state index contributed by atoms with van der Waals surface area (Å²) in [5.41, 5.74) is 0. The van der Waals surface area contributed by atoms with Crippen LogP contribution in [0.25, 0.3) is 0 Å². The summed E-state index contributed by atoms with van der Waals surface area (Å²) in [4.78, 5) is 18.5. The highest BCUT2D eigenvalue weighted by Crippen LogP contribution is 2.20. The van der Waals surface area contributed by atoms with Gasteiger partial charge < -0.3 is 9.88 Å². The maximum atomic E-state index is 12.0. The van der Waals surface area contributed by atoms with Crippen LogP contribution in [0.5, 0.6) is 0 Å². The van der Waals surface area contributed by atoms with Gasteiger partial charge in [-0.15, -0.1) is 0 Å². The van der Waals surface area contributed by atoms with E-state index < -0.39 is 0 Å². The van der Waals surface area contributed by atoms with Crippen molar-refractivity contribution in [1.29, 1.82) is 0 Å². The number of fused-ring (bicyclic) bond motifs is 1. The zero-order valence-corrected chi connectivity index (χ0v) is 10.1. The Bertz CT molecular complexity index is 424. The molecule has 92 valence electrons. The van der Waals surface area contributed by atoms with E-state index in [0.717, 1.165) is 38.3 Å². The van der Waals surface area contributed by atoms with Crippen LogP contribution >= 0.6 is 0 Å². The predicted octanol–water partition coefficient (Wildman–Crippen LogP) is 0.366. The summed E-state index contributed by atoms with van der Waals surface area (Å²) < 4.78 is 2.15. The van der Waals surface area contributed by atoms with Crippen molar-refractivity contribution in [2.45, 2.75) is 44.9 Å². The summed E-state index contributed by atoms with van der Waals surface area (Å²) in [6.07, 6.45) is 6.11. The SMILES string of the molecule is CC(C(=O)NC1CC1)N1CCn2ccnc2C1. The van der Waals surface area contributed by atoms with Crippen molar-refractivity contribution in [3.63, 3.8) is 0 Å². The second-order valence-corrected chi connectivity index (χ2v) is 4.97. The second-order valence-electron chi connectivity index (χ2n) is 4.97. The number of amides is 1. The van der Waals surface area contributed by atoms with Crippen LogP contribution in [0.15, 0.2) is 12.4 Å². The Morgan fingerprint density at radius 2 is 2.35 bits per heavy atom. The molecule has 1 fully saturated rings. The van der Waals surface area contributed by atoms with Gasteiger partial charge in [-0.1, -0.05) is 0 Å². The van der Waals surface area contributed by atoms with E-state index in [1.54, 1.807) is 0 Å². The normalized spacial score (nSPS) is 21.9. The van der Waals surface area contributed by atoms with Gasteiger partial charge in [0, 0.05) is 31.5 Å². The van der Waals surface area contributed by atoms with Crippen LogP contribution in [0.4, 0.5) is 0 Å². The molecule has 0 aromatic carbocycles. The van der Waals surface area contributed by atoms with Gasteiger partial charge in [-0.25, -0.2) is 4.98 Å². The van der Waals surface area contributed by atoms with Crippen LogP contribution in [0, 0.1) is 0 Å². The number of rotatable bonds is 3. The predicted molar refractivity (Wildman–Crippen MR) is 63.3 cm³/mol. The van der Waals surface area contributed by atoms with E-state index >= 15 is 0 Å². The van der Waals surface area contributed by atoms with E-state index in [1.165, 1.54) is 0 Å². The number of aromatic nitrogens is 2. The lowest BCUT2D eigenvalue weighted by molar-refractivity contribution is -0.126. The number of nitrogens with zero attached hydrogens (tertiary/aromatic N) is 3. The van der Waals surface area contributed by atoms with Gasteiger partial charge in [-0.3, -0.25) is 9.69 Å². The lowest BCUT2D eigenvalue weighted by atomic mass is 10.2. The average Bonchev–Trinajstić information content (AvgIpc) is 3.02. The minimum absolute atomic E-state index is 0.0546. The largest absolute Gasteiger partial charge is 0.352 e. The molecule has 2 heterocycles. The van der Waals surface area contributed by atoms with Crippen LogP contribution in [-0.4, -0.2) is 39.0 Å². The Balaban J connectivity index is 1.63. The van der Waals surface area contributed by atoms with Gasteiger partial charge in [-0.2, -0.15) is 0 Å². The summed E-state index contributed by atoms with van der Waals surface area (Å²) in [5.74, 6) is 1.22. The number of imidazole rings is 1. The molecule has 0 bridgehead atoms. The van der Waals surface area contributed by atoms with Crippen molar-refractivity contribution in [1.82, 2.24) is 19.8 Å². The average molecular weight is 234 g/mol. The molecular weight excluding hydrogens is 216 g/mol. The molecule has 1 amide bonds. The molecule has 1 aliphatic heterocycles. The lowest BCUT2D eigenvalue weighted by Crippen LogP contribution is -2.48. The fraction of sp³-hybridized carbons (Fsp3) is 0.667. The molecule has 0 spiro atoms. The Labute approximate surface area is 101 Å². The molecule has 5 heteroatoms. The monoisotopic (exact) mass is 234 g/mol. The van der Waals surface area contributed by atoms with Crippen molar-refractivity contribution in [3.05, 3.63) is 18.2 Å². The smallest absolute Gasteiger partial charge is 0.237 e. The molecule has 3 rings (SSSR count). The van der Waals surface area contributed by atoms with E-state index in [1.807, 2.05) is 19.3 Å². The van der Waals surface area contributed by atoms with Crippen molar-refractivity contribution in [3.8, 4) is 0 Å². The van der Waals surface area contributed by atoms with Gasteiger partial charge in [0.05, 0.1) is 12.6 Å². The van der Waals surface area contributed by atoms with Crippen LogP contribution in [0.1, 0.15) is 25.6 Å². The Kier molecular flexibility index (Phi) is 2.63. The molecular formula is C12H18N4O. The van der Waals surface area contributed by atoms with E-state index in [0.29, 0.717) is 6.04 Å². The number of hydrogen-bond donors (Lipinski definition) is 1. The maximum absolute atomic E-state index is 12.0. The molecule has 17 heavy (non-hydrogen) atoms. The fourth-order valence-electron chi connectivity index (χ4n) is 2.24. The number of carbonyl (C=O) groups excluding carboxylic acids is 1. The first kappa shape index (κ1) is 10.8. The Hall–Kier alpha value is -1.36. The summed E-state index contributed by atoms with van der Waals surface area (Å²) in [7, 11) is 0. The fourth-order valence-corrected chi connectivity index (χ4v) is 2.24. The topological polar surface area (TPSA) is 50.2 Å². The molecule has 0 radical (unpaired) electrons. The number of carbonyl (C=O) groups is 1. The third-order valence-electron chi connectivity index (χ3n) is 3.63. The standard InChI is InChI=1S/C12H18N4O/c1-9(12(17)14-10-2-3-10)16-7-6-15-5-4-13-11(15)8-16/h4-5,9-10H,2-3,6-8H2,1H3,(H,14,17). The molecule has 1 atom stereocenters. The zero-order chi connectivity index (χ0) is 11.8. The van der Waals surface area contributed by atoms with Gasteiger partial charge >= 0.3 is 0 Å². The van der Waals surface area contributed by atoms with Gasteiger partial charge in [0.1, 0.15) is 5.82 Å². The highest BCUT2D eigenvalue weighted by Gasteiger charge is 2.30. The van der Waals surface area contributed by atoms with E-state index in [4.69, 9.17) is 0 Å². The first-order valence-corrected chi connectivity index (χ1v) is 6.28. The Morgan fingerprint density at radius 3 is 3.12 bits per heavy atom. The van der Waals surface area contributed by atoms with Crippen molar-refractivity contribution in [2.24, 2.45) is 0 Å². The zero-order valence-electron chi connectivity index (χ0n) is 10.1. The highest BCUT2D eigenvalue weighted by molar-refractivity contribution is 5.81. The molecule has 1 unspecified atom stereocenters. The summed E-state index contributed by atoms with van der Waals surface area (Å²) in [6, 6.07) is 0.387. The molecule has 2 aliphatic rings. The quantitative estimate of drug-likeness (QED) is 0.822. The van der Waals surface area contributed by atoms with Gasteiger partial charge in [0.15, 0.2) is 0 Å². The van der Waals surface area contributed by atoms with E-state index in [2.05, 4.69) is 19.8 Å². The van der Waals surface area contributed by atoms with Crippen molar-refractivity contribution >= 4 is 5.91 Å². The highest BCUT2D eigenvalue weighted by atomic mass is 16.2. The summed E-state index contributed by atoms with van der Waals surface area (Å²) in [6.45, 7) is 4.60. The summed E-state index contributed by atoms with van der Waals surface area (Å²) in [5, 5.41) is 3.06. The van der Waals surface area contributed by atoms with Crippen LogP contribution in [0.3, 0.4) is 0 Å². The van der Waals surface area contributed by atoms with Crippen LogP contribution < -0.4 is 5.32 Å². The Morgan fingerprint density at radius 1 is 1.53 bits per heavy atom. The maximum Gasteiger partial charge on any atom is 0.237 e. The molecule has 1 saturated carbocycles. The molecule has 1 aliphatic carbocycles. The van der Waals surface area contributed by atoms with Crippen molar-refractivity contribution in [2.75, 3.05) is 6.54 Å². The lowest BCUT2D eigenvalue weighted by Gasteiger charge is -2.31. The summed E-state index contributed by atoms with van der Waals surface area (Å²) >= 11 is 0. The van der Waals surface area contributed by atoms with Crippen LogP contribution in [-0.2, 0) is 17.9 Å². The van der Waals surface area contributed by atoms with Gasteiger partial charge in [-0.05, 0) is 19.8 Å². The molecule has 0 saturated heterocycles. The third kappa shape index (κ3) is 2.20. The minimum atomic E-state index is -0.0546. The molecule has 1 aromatic heterocycles. The van der Waals surface area contributed by atoms with E-state index in [-0.39, 0.29) is 11.9 Å². The van der Waals surface area contributed by atoms with Gasteiger partial charge in [0.2, 0.25) is 5.91 Å². The minimum Gasteiger partial charge on any atom is -0.352 e. The molecule has 5 nitrogen and oxygen atoms in total. The second kappa shape index (κ2) is 4.14. The van der Waals surface area contributed by atoms with Gasteiger partial charge in [0.25, 0.3) is 0 Å². The first-order valence-electron chi connectivity index (χ1n) is 6.28. The number of hydrogen-bond acceptors (Lipinski definition) is 3. The third-order valence-corrected chi connectivity index (χ3v) is 3.63.